The van der Waals surface area contributed by atoms with E-state index in [1.165, 1.54) is 12.7 Å². The van der Waals surface area contributed by atoms with Crippen LogP contribution in [0, 0.1) is 5.92 Å². The monoisotopic (exact) mass is 426 g/mol. The number of alkyl halides is 2. The smallest absolute Gasteiger partial charge is 0.244 e. The normalized spacial score (nSPS) is 22.5. The molecule has 1 fully saturated rings. The highest BCUT2D eigenvalue weighted by Crippen LogP contribution is 2.36. The van der Waals surface area contributed by atoms with Gasteiger partial charge >= 0.3 is 0 Å². The molecule has 4 atom stereocenters. The summed E-state index contributed by atoms with van der Waals surface area (Å²) in [6.45, 7) is 0. The van der Waals surface area contributed by atoms with Crippen molar-refractivity contribution in [1.29, 1.82) is 0 Å². The second-order valence-electron chi connectivity index (χ2n) is 6.81. The van der Waals surface area contributed by atoms with Crippen molar-refractivity contribution >= 4 is 22.8 Å². The van der Waals surface area contributed by atoms with E-state index in [1.807, 2.05) is 0 Å². The summed E-state index contributed by atoms with van der Waals surface area (Å²) in [4.78, 5) is 14.1. The zero-order chi connectivity index (χ0) is 21.0. The number of nitrogens with one attached hydrogen (secondary N) is 1. The Morgan fingerprint density at radius 1 is 1.10 bits per heavy atom. The molecule has 1 aliphatic rings. The average Bonchev–Trinajstić information content (AvgIpc) is 3.30. The minimum atomic E-state index is -2.40. The molecular formula is C19H21ClF2N4O3. The average molecular weight is 427 g/mol. The van der Waals surface area contributed by atoms with E-state index in [-0.39, 0.29) is 12.3 Å². The molecule has 156 valence electrons. The number of hydrogen-bond donors (Lipinski definition) is 4. The lowest BCUT2D eigenvalue weighted by atomic mass is 9.92. The molecule has 1 aromatic carbocycles. The lowest BCUT2D eigenvalue weighted by molar-refractivity contribution is -0.0210. The third kappa shape index (κ3) is 5.24. The Balaban J connectivity index is 0.000000169. The van der Waals surface area contributed by atoms with Gasteiger partial charge in [-0.25, -0.2) is 23.7 Å². The van der Waals surface area contributed by atoms with Crippen molar-refractivity contribution in [2.75, 3.05) is 0 Å². The van der Waals surface area contributed by atoms with Crippen LogP contribution in [-0.4, -0.2) is 53.9 Å². The lowest BCUT2D eigenvalue weighted by Gasteiger charge is -2.22. The van der Waals surface area contributed by atoms with E-state index < -0.39 is 24.7 Å². The van der Waals surface area contributed by atoms with Gasteiger partial charge in [0.15, 0.2) is 5.65 Å². The van der Waals surface area contributed by atoms with Crippen LogP contribution < -0.4 is 0 Å². The van der Waals surface area contributed by atoms with E-state index in [2.05, 4.69) is 19.9 Å². The van der Waals surface area contributed by atoms with Gasteiger partial charge in [0.1, 0.15) is 11.8 Å². The second-order valence-corrected chi connectivity index (χ2v) is 7.25. The van der Waals surface area contributed by atoms with E-state index in [1.54, 1.807) is 24.3 Å². The molecule has 1 aliphatic carbocycles. The zero-order valence-corrected chi connectivity index (χ0v) is 16.0. The number of fused-ring (bicyclic) bond motifs is 1. The van der Waals surface area contributed by atoms with Gasteiger partial charge in [0.25, 0.3) is 0 Å². The van der Waals surface area contributed by atoms with Crippen molar-refractivity contribution in [3.8, 4) is 0 Å². The van der Waals surface area contributed by atoms with Crippen molar-refractivity contribution in [3.63, 3.8) is 0 Å². The van der Waals surface area contributed by atoms with Gasteiger partial charge in [0.2, 0.25) is 6.43 Å². The lowest BCUT2D eigenvalue weighted by Crippen LogP contribution is -2.28. The molecule has 0 amide bonds. The van der Waals surface area contributed by atoms with Gasteiger partial charge in [0, 0.05) is 10.9 Å². The Bertz CT molecular complexity index is 925. The van der Waals surface area contributed by atoms with Crippen molar-refractivity contribution in [2.45, 2.75) is 44.0 Å². The fourth-order valence-corrected chi connectivity index (χ4v) is 3.48. The van der Waals surface area contributed by atoms with E-state index in [4.69, 9.17) is 11.6 Å². The molecule has 4 unspecified atom stereocenters. The maximum Gasteiger partial charge on any atom is 0.244 e. The van der Waals surface area contributed by atoms with Crippen molar-refractivity contribution in [2.24, 2.45) is 5.92 Å². The topological polar surface area (TPSA) is 115 Å². The fourth-order valence-electron chi connectivity index (χ4n) is 3.36. The molecule has 0 radical (unpaired) electrons. The largest absolute Gasteiger partial charge is 0.390 e. The van der Waals surface area contributed by atoms with E-state index >= 15 is 0 Å². The maximum atomic E-state index is 12.1. The summed E-state index contributed by atoms with van der Waals surface area (Å²) < 4.78 is 24.1. The summed E-state index contributed by atoms with van der Waals surface area (Å²) in [6, 6.07) is 6.89. The molecular weight excluding hydrogens is 406 g/mol. The van der Waals surface area contributed by atoms with E-state index in [9.17, 15) is 24.1 Å². The highest BCUT2D eigenvalue weighted by molar-refractivity contribution is 6.30. The van der Waals surface area contributed by atoms with Crippen LogP contribution in [0.2, 0.25) is 5.02 Å². The fraction of sp³-hybridized carbons (Fsp3) is 0.421. The van der Waals surface area contributed by atoms with E-state index in [0.717, 1.165) is 5.56 Å². The maximum absolute atomic E-state index is 12.1. The van der Waals surface area contributed by atoms with Gasteiger partial charge in [0.05, 0.1) is 36.8 Å². The first-order valence-electron chi connectivity index (χ1n) is 9.07. The molecule has 0 saturated heterocycles. The summed E-state index contributed by atoms with van der Waals surface area (Å²) in [6.07, 6.45) is -1.26. The van der Waals surface area contributed by atoms with Crippen molar-refractivity contribution in [3.05, 3.63) is 53.2 Å². The summed E-state index contributed by atoms with van der Waals surface area (Å²) in [5, 5.41) is 29.8. The standard InChI is InChI=1S/C12H15ClO3.C7H6F2N4/c13-8-3-1-7(2-4-8)11(15)9-5-6-10(14)12(9)16;8-5(9)1-4-6-7(12-2-10-4)13-3-11-6/h1-4,9-12,14-16H,5-6H2;2-3,5H,1H2,(H,10,11,12,13). The Hall–Kier alpha value is -2.20. The predicted molar refractivity (Wildman–Crippen MR) is 103 cm³/mol. The number of nitrogens with zero attached hydrogens (tertiary/aromatic N) is 3. The summed E-state index contributed by atoms with van der Waals surface area (Å²) in [5.41, 5.74) is 1.94. The summed E-state index contributed by atoms with van der Waals surface area (Å²) in [7, 11) is 0. The Labute approximate surface area is 170 Å². The summed E-state index contributed by atoms with van der Waals surface area (Å²) in [5.74, 6) is -0.295. The Morgan fingerprint density at radius 2 is 1.83 bits per heavy atom. The van der Waals surface area contributed by atoms with Crippen LogP contribution in [-0.2, 0) is 6.42 Å². The van der Waals surface area contributed by atoms with Gasteiger partial charge in [-0.15, -0.1) is 0 Å². The van der Waals surface area contributed by atoms with Crippen molar-refractivity contribution in [1.82, 2.24) is 19.9 Å². The van der Waals surface area contributed by atoms with E-state index in [0.29, 0.717) is 34.7 Å². The quantitative estimate of drug-likeness (QED) is 0.510. The highest BCUT2D eigenvalue weighted by atomic mass is 35.5. The van der Waals surface area contributed by atoms with Gasteiger partial charge < -0.3 is 20.3 Å². The first-order valence-corrected chi connectivity index (χ1v) is 9.45. The molecule has 1 saturated carbocycles. The van der Waals surface area contributed by atoms with Crippen molar-refractivity contribution < 1.29 is 24.1 Å². The minimum Gasteiger partial charge on any atom is -0.390 e. The molecule has 3 aromatic rings. The molecule has 29 heavy (non-hydrogen) atoms. The zero-order valence-electron chi connectivity index (χ0n) is 15.3. The number of aliphatic hydroxyl groups excluding tert-OH is 3. The van der Waals surface area contributed by atoms with Gasteiger partial charge in [-0.05, 0) is 30.5 Å². The third-order valence-corrected chi connectivity index (χ3v) is 5.15. The molecule has 2 aromatic heterocycles. The molecule has 7 nitrogen and oxygen atoms in total. The number of H-pyrrole nitrogens is 1. The number of aromatic nitrogens is 4. The Kier molecular flexibility index (Phi) is 7.07. The number of rotatable bonds is 4. The molecule has 4 rings (SSSR count). The number of aromatic amines is 1. The minimum absolute atomic E-state index is 0.295. The summed E-state index contributed by atoms with van der Waals surface area (Å²) >= 11 is 5.76. The van der Waals surface area contributed by atoms with Crippen LogP contribution in [0.3, 0.4) is 0 Å². The van der Waals surface area contributed by atoms with Gasteiger partial charge in [-0.2, -0.15) is 0 Å². The van der Waals surface area contributed by atoms with Gasteiger partial charge in [-0.1, -0.05) is 23.7 Å². The van der Waals surface area contributed by atoms with Crippen LogP contribution >= 0.6 is 11.6 Å². The number of imidazole rings is 1. The predicted octanol–water partition coefficient (Wildman–Crippen LogP) is 2.67. The van der Waals surface area contributed by atoms with Crippen LogP contribution in [0.1, 0.15) is 30.2 Å². The molecule has 4 N–H and O–H groups in total. The van der Waals surface area contributed by atoms with Crippen LogP contribution in [0.5, 0.6) is 0 Å². The number of halogens is 3. The second kappa shape index (κ2) is 9.53. The third-order valence-electron chi connectivity index (χ3n) is 4.89. The first kappa shape index (κ1) is 21.5. The number of hydrogen-bond acceptors (Lipinski definition) is 6. The molecule has 2 heterocycles. The number of aliphatic hydroxyl groups is 3. The van der Waals surface area contributed by atoms with Crippen LogP contribution in [0.15, 0.2) is 36.9 Å². The number of benzene rings is 1. The molecule has 0 aliphatic heterocycles. The highest BCUT2D eigenvalue weighted by Gasteiger charge is 2.38. The molecule has 0 spiro atoms. The first-order chi connectivity index (χ1) is 13.9. The van der Waals surface area contributed by atoms with Crippen LogP contribution in [0.25, 0.3) is 11.2 Å². The van der Waals surface area contributed by atoms with Gasteiger partial charge in [-0.3, -0.25) is 0 Å². The van der Waals surface area contributed by atoms with Crippen LogP contribution in [0.4, 0.5) is 8.78 Å². The SMILES string of the molecule is FC(F)Cc1ncnc2nc[nH]c12.OC1CCC(C(O)c2ccc(Cl)cc2)C1O. The Morgan fingerprint density at radius 3 is 2.45 bits per heavy atom. The molecule has 10 heteroatoms. The molecule has 0 bridgehead atoms.